The van der Waals surface area contributed by atoms with Crippen molar-refractivity contribution in [3.8, 4) is 0 Å². The second-order valence-electron chi connectivity index (χ2n) is 9.61. The summed E-state index contributed by atoms with van der Waals surface area (Å²) in [6.45, 7) is 4.41. The predicted molar refractivity (Wildman–Crippen MR) is 142 cm³/mol. The maximum atomic E-state index is 12.9. The monoisotopic (exact) mass is 508 g/mol. The zero-order chi connectivity index (χ0) is 25.2. The van der Waals surface area contributed by atoms with Crippen molar-refractivity contribution in [1.82, 2.24) is 0 Å². The molecule has 0 saturated carbocycles. The number of aliphatic hydroxyl groups is 2. The maximum absolute atomic E-state index is 12.9. The van der Waals surface area contributed by atoms with Gasteiger partial charge in [0.2, 0.25) is 0 Å². The second-order valence-corrected chi connectivity index (χ2v) is 11.3. The third kappa shape index (κ3) is 23.8. The van der Waals surface area contributed by atoms with Gasteiger partial charge in [0.1, 0.15) is 6.10 Å². The fourth-order valence-electron chi connectivity index (χ4n) is 3.87. The highest BCUT2D eigenvalue weighted by Gasteiger charge is 2.27. The van der Waals surface area contributed by atoms with E-state index in [4.69, 9.17) is 18.7 Å². The maximum Gasteiger partial charge on any atom is 0.474 e. The minimum Gasteiger partial charge on any atom is -0.394 e. The largest absolute Gasteiger partial charge is 0.474 e. The van der Waals surface area contributed by atoms with Crippen LogP contribution in [-0.2, 0) is 18.1 Å². The van der Waals surface area contributed by atoms with Crippen molar-refractivity contribution in [2.24, 2.45) is 0 Å². The Hall–Kier alpha value is 0.0300. The average molecular weight is 509 g/mol. The molecule has 0 aromatic rings. The molecule has 6 nitrogen and oxygen atoms in total. The van der Waals surface area contributed by atoms with Gasteiger partial charge in [-0.3, -0.25) is 13.6 Å². The van der Waals surface area contributed by atoms with Crippen molar-refractivity contribution < 1.29 is 28.3 Å². The van der Waals surface area contributed by atoms with Crippen LogP contribution in [0, 0.1) is 0 Å². The van der Waals surface area contributed by atoms with E-state index in [1.165, 1.54) is 89.9 Å². The van der Waals surface area contributed by atoms with Crippen molar-refractivity contribution in [2.75, 3.05) is 26.4 Å². The highest BCUT2D eigenvalue weighted by Crippen LogP contribution is 2.49. The summed E-state index contributed by atoms with van der Waals surface area (Å²) in [7, 11) is -3.71. The summed E-state index contributed by atoms with van der Waals surface area (Å²) in [6, 6.07) is 0. The molecule has 34 heavy (non-hydrogen) atoms. The zero-order valence-electron chi connectivity index (χ0n) is 22.5. The average Bonchev–Trinajstić information content (AvgIpc) is 2.84. The molecule has 2 N–H and O–H groups in total. The topological polar surface area (TPSA) is 85.2 Å². The van der Waals surface area contributed by atoms with Crippen LogP contribution in [0.2, 0.25) is 0 Å². The summed E-state index contributed by atoms with van der Waals surface area (Å²) >= 11 is 0. The van der Waals surface area contributed by atoms with Crippen molar-refractivity contribution in [1.29, 1.82) is 0 Å². The summed E-state index contributed by atoms with van der Waals surface area (Å²) in [5.74, 6) is 0. The number of rotatable bonds is 28. The first kappa shape index (κ1) is 34.0. The molecular weight excluding hydrogens is 451 g/mol. The van der Waals surface area contributed by atoms with Gasteiger partial charge >= 0.3 is 7.82 Å². The zero-order valence-corrected chi connectivity index (χ0v) is 23.4. The van der Waals surface area contributed by atoms with Gasteiger partial charge in [-0.15, -0.1) is 0 Å². The van der Waals surface area contributed by atoms with Crippen LogP contribution >= 0.6 is 7.82 Å². The fraction of sp³-hybridized carbons (Fsp3) is 1.00. The van der Waals surface area contributed by atoms with E-state index >= 15 is 0 Å². The molecule has 0 amide bonds. The number of phosphoric ester groups is 1. The normalized spacial score (nSPS) is 12.9. The van der Waals surface area contributed by atoms with E-state index in [1.807, 2.05) is 0 Å². The Balaban J connectivity index is 3.92. The molecule has 0 aromatic heterocycles. The molecule has 0 saturated heterocycles. The van der Waals surface area contributed by atoms with Gasteiger partial charge in [0.15, 0.2) is 0 Å². The number of aliphatic hydroxyl groups excluding tert-OH is 2. The standard InChI is InChI=1S/C27H57O6P/c1-3-5-7-9-11-13-15-17-19-21-23-31-34(30,33-26-27(29)25-28)32-24-22-20-18-16-14-12-10-8-6-4-2/h27-29H,3-26H2,1-2H3. The first-order valence-corrected chi connectivity index (χ1v) is 15.9. The molecule has 0 aliphatic carbocycles. The van der Waals surface area contributed by atoms with Gasteiger partial charge < -0.3 is 10.2 Å². The number of unbranched alkanes of at least 4 members (excludes halogenated alkanes) is 18. The number of hydrogen-bond donors (Lipinski definition) is 2. The Morgan fingerprint density at radius 2 is 0.882 bits per heavy atom. The lowest BCUT2D eigenvalue weighted by molar-refractivity contribution is 0.0286. The van der Waals surface area contributed by atoms with Gasteiger partial charge in [-0.1, -0.05) is 129 Å². The van der Waals surface area contributed by atoms with Crippen molar-refractivity contribution in [3.63, 3.8) is 0 Å². The molecule has 1 unspecified atom stereocenters. The van der Waals surface area contributed by atoms with E-state index in [-0.39, 0.29) is 6.61 Å². The van der Waals surface area contributed by atoms with E-state index in [9.17, 15) is 9.67 Å². The Bertz CT molecular complexity index is 419. The summed E-state index contributed by atoms with van der Waals surface area (Å²) in [6.07, 6.45) is 23.2. The molecule has 0 aliphatic rings. The van der Waals surface area contributed by atoms with Crippen molar-refractivity contribution in [3.05, 3.63) is 0 Å². The molecule has 0 spiro atoms. The molecule has 0 aromatic carbocycles. The highest BCUT2D eigenvalue weighted by molar-refractivity contribution is 7.48. The Morgan fingerprint density at radius 1 is 0.559 bits per heavy atom. The third-order valence-corrected chi connectivity index (χ3v) is 7.59. The third-order valence-electron chi connectivity index (χ3n) is 6.13. The molecule has 0 aliphatic heterocycles. The van der Waals surface area contributed by atoms with Crippen LogP contribution in [0.4, 0.5) is 0 Å². The fourth-order valence-corrected chi connectivity index (χ4v) is 5.16. The van der Waals surface area contributed by atoms with E-state index < -0.39 is 20.5 Å². The van der Waals surface area contributed by atoms with Crippen LogP contribution in [0.3, 0.4) is 0 Å². The van der Waals surface area contributed by atoms with Gasteiger partial charge in [0, 0.05) is 0 Å². The Kier molecular flexibility index (Phi) is 26.1. The summed E-state index contributed by atoms with van der Waals surface area (Å²) < 4.78 is 29.2. The minimum atomic E-state index is -3.71. The van der Waals surface area contributed by atoms with Crippen LogP contribution in [0.25, 0.3) is 0 Å². The minimum absolute atomic E-state index is 0.260. The van der Waals surface area contributed by atoms with Gasteiger partial charge in [0.05, 0.1) is 26.4 Å². The molecule has 206 valence electrons. The molecule has 7 heteroatoms. The van der Waals surface area contributed by atoms with Crippen LogP contribution in [0.1, 0.15) is 142 Å². The van der Waals surface area contributed by atoms with E-state index in [0.29, 0.717) is 13.2 Å². The van der Waals surface area contributed by atoms with Gasteiger partial charge in [-0.25, -0.2) is 4.57 Å². The van der Waals surface area contributed by atoms with E-state index in [2.05, 4.69) is 13.8 Å². The molecule has 0 radical (unpaired) electrons. The molecule has 0 fully saturated rings. The second kappa shape index (κ2) is 26.1. The molecule has 0 bridgehead atoms. The molecule has 0 heterocycles. The summed E-state index contributed by atoms with van der Waals surface area (Å²) in [5, 5.41) is 18.5. The van der Waals surface area contributed by atoms with Crippen LogP contribution in [0.5, 0.6) is 0 Å². The van der Waals surface area contributed by atoms with E-state index in [0.717, 1.165) is 38.5 Å². The lowest BCUT2D eigenvalue weighted by Gasteiger charge is -2.19. The smallest absolute Gasteiger partial charge is 0.394 e. The summed E-state index contributed by atoms with van der Waals surface area (Å²) in [5.41, 5.74) is 0. The predicted octanol–water partition coefficient (Wildman–Crippen LogP) is 8.34. The lowest BCUT2D eigenvalue weighted by atomic mass is 10.1. The number of phosphoric acid groups is 1. The first-order valence-electron chi connectivity index (χ1n) is 14.4. The summed E-state index contributed by atoms with van der Waals surface area (Å²) in [4.78, 5) is 0. The van der Waals surface area contributed by atoms with E-state index in [1.54, 1.807) is 0 Å². The molecule has 0 rings (SSSR count). The quantitative estimate of drug-likeness (QED) is 0.0816. The number of hydrogen-bond acceptors (Lipinski definition) is 6. The Labute approximate surface area is 211 Å². The first-order chi connectivity index (χ1) is 16.6. The highest BCUT2D eigenvalue weighted by atomic mass is 31.2. The van der Waals surface area contributed by atoms with Gasteiger partial charge in [-0.05, 0) is 12.8 Å². The SMILES string of the molecule is CCCCCCCCCCCCOP(=O)(OCCCCCCCCCCCC)OCC(O)CO. The Morgan fingerprint density at radius 3 is 1.21 bits per heavy atom. The molecular formula is C27H57O6P. The van der Waals surface area contributed by atoms with Crippen LogP contribution in [0.15, 0.2) is 0 Å². The van der Waals surface area contributed by atoms with Crippen LogP contribution < -0.4 is 0 Å². The molecule has 1 atom stereocenters. The lowest BCUT2D eigenvalue weighted by Crippen LogP contribution is -2.19. The van der Waals surface area contributed by atoms with Crippen molar-refractivity contribution in [2.45, 2.75) is 148 Å². The van der Waals surface area contributed by atoms with Crippen LogP contribution in [-0.4, -0.2) is 42.7 Å². The van der Waals surface area contributed by atoms with Gasteiger partial charge in [-0.2, -0.15) is 0 Å². The van der Waals surface area contributed by atoms with Gasteiger partial charge in [0.25, 0.3) is 0 Å². The van der Waals surface area contributed by atoms with Crippen molar-refractivity contribution >= 4 is 7.82 Å².